The van der Waals surface area contributed by atoms with Crippen molar-refractivity contribution in [2.45, 2.75) is 37.3 Å². The highest BCUT2D eigenvalue weighted by atomic mass is 16.3. The van der Waals surface area contributed by atoms with E-state index in [2.05, 4.69) is 28.4 Å². The van der Waals surface area contributed by atoms with Crippen molar-refractivity contribution in [3.05, 3.63) is 29.3 Å². The van der Waals surface area contributed by atoms with E-state index in [9.17, 15) is 5.11 Å². The van der Waals surface area contributed by atoms with Gasteiger partial charge in [0.05, 0.1) is 6.10 Å². The van der Waals surface area contributed by atoms with E-state index in [1.54, 1.807) is 0 Å². The van der Waals surface area contributed by atoms with Gasteiger partial charge in [0.25, 0.3) is 0 Å². The summed E-state index contributed by atoms with van der Waals surface area (Å²) in [5.74, 6) is 0.667. The molecular weight excluding hydrogens is 224 g/mol. The lowest BCUT2D eigenvalue weighted by molar-refractivity contribution is 0.172. The number of anilines is 1. The molecule has 0 amide bonds. The number of para-hydroxylation sites is 1. The molecule has 96 valence electrons. The molecule has 0 aromatic heterocycles. The molecule has 4 rings (SSSR count). The number of nitrogens with zero attached hydrogens (tertiary/aromatic N) is 1. The predicted octanol–water partition coefficient (Wildman–Crippen LogP) is 1.26. The number of hydrogen-bond donors (Lipinski definition) is 2. The monoisotopic (exact) mass is 244 g/mol. The SMILES string of the molecule is OC1Cc2cccc3c2N(C1)C1CCNCCC31. The number of fused-ring (bicyclic) bond motifs is 3. The van der Waals surface area contributed by atoms with Crippen LogP contribution in [0.1, 0.15) is 29.9 Å². The highest BCUT2D eigenvalue weighted by molar-refractivity contribution is 5.68. The Hall–Kier alpha value is -1.06. The zero-order valence-corrected chi connectivity index (χ0v) is 10.6. The Balaban J connectivity index is 1.84. The first-order valence-electron chi connectivity index (χ1n) is 7.12. The van der Waals surface area contributed by atoms with E-state index in [1.807, 2.05) is 0 Å². The standard InChI is InChI=1S/C15H20N2O/c18-11-8-10-2-1-3-13-12-4-6-16-7-5-14(12)17(9-11)15(10)13/h1-3,11-12,14,16,18H,4-9H2. The van der Waals surface area contributed by atoms with Crippen LogP contribution in [0.5, 0.6) is 0 Å². The lowest BCUT2D eigenvalue weighted by atomic mass is 9.90. The molecule has 0 radical (unpaired) electrons. The second kappa shape index (κ2) is 3.97. The fourth-order valence-corrected chi connectivity index (χ4v) is 4.13. The number of aliphatic hydroxyl groups is 1. The maximum atomic E-state index is 10.1. The van der Waals surface area contributed by atoms with Gasteiger partial charge >= 0.3 is 0 Å². The first-order valence-corrected chi connectivity index (χ1v) is 7.12. The normalized spacial score (nSPS) is 33.8. The molecule has 2 N–H and O–H groups in total. The van der Waals surface area contributed by atoms with Crippen LogP contribution < -0.4 is 10.2 Å². The molecular formula is C15H20N2O. The van der Waals surface area contributed by atoms with Gasteiger partial charge in [-0.15, -0.1) is 0 Å². The van der Waals surface area contributed by atoms with Crippen LogP contribution in [-0.2, 0) is 6.42 Å². The van der Waals surface area contributed by atoms with E-state index >= 15 is 0 Å². The minimum absolute atomic E-state index is 0.192. The Kier molecular flexibility index (Phi) is 2.39. The van der Waals surface area contributed by atoms with E-state index in [4.69, 9.17) is 0 Å². The highest BCUT2D eigenvalue weighted by Crippen LogP contribution is 2.48. The third kappa shape index (κ3) is 1.44. The third-order valence-corrected chi connectivity index (χ3v) is 4.81. The van der Waals surface area contributed by atoms with Crippen LogP contribution in [0.2, 0.25) is 0 Å². The Labute approximate surface area is 108 Å². The first-order chi connectivity index (χ1) is 8.84. The summed E-state index contributed by atoms with van der Waals surface area (Å²) >= 11 is 0. The molecule has 18 heavy (non-hydrogen) atoms. The Bertz CT molecular complexity index is 474. The second-order valence-corrected chi connectivity index (χ2v) is 5.87. The quantitative estimate of drug-likeness (QED) is 0.721. The van der Waals surface area contributed by atoms with Gasteiger partial charge in [0.2, 0.25) is 0 Å². The summed E-state index contributed by atoms with van der Waals surface area (Å²) < 4.78 is 0. The summed E-state index contributed by atoms with van der Waals surface area (Å²) in [6.07, 6.45) is 3.07. The minimum Gasteiger partial charge on any atom is -0.391 e. The van der Waals surface area contributed by atoms with Crippen molar-refractivity contribution in [3.8, 4) is 0 Å². The Morgan fingerprint density at radius 2 is 2.11 bits per heavy atom. The predicted molar refractivity (Wildman–Crippen MR) is 72.1 cm³/mol. The van der Waals surface area contributed by atoms with E-state index in [0.717, 1.165) is 26.1 Å². The van der Waals surface area contributed by atoms with Crippen LogP contribution in [-0.4, -0.2) is 36.9 Å². The molecule has 0 spiro atoms. The summed E-state index contributed by atoms with van der Waals surface area (Å²) in [6.45, 7) is 3.06. The van der Waals surface area contributed by atoms with Gasteiger partial charge in [-0.1, -0.05) is 18.2 Å². The zero-order chi connectivity index (χ0) is 12.1. The summed E-state index contributed by atoms with van der Waals surface area (Å²) in [5.41, 5.74) is 4.35. The average Bonchev–Trinajstić information content (AvgIpc) is 2.55. The Morgan fingerprint density at radius 1 is 1.22 bits per heavy atom. The second-order valence-electron chi connectivity index (χ2n) is 5.87. The number of benzene rings is 1. The molecule has 0 bridgehead atoms. The molecule has 3 aliphatic heterocycles. The fourth-order valence-electron chi connectivity index (χ4n) is 4.13. The minimum atomic E-state index is -0.192. The van der Waals surface area contributed by atoms with Crippen molar-refractivity contribution in [2.75, 3.05) is 24.5 Å². The maximum Gasteiger partial charge on any atom is 0.0756 e. The van der Waals surface area contributed by atoms with Crippen LogP contribution >= 0.6 is 0 Å². The van der Waals surface area contributed by atoms with Crippen molar-refractivity contribution in [3.63, 3.8) is 0 Å². The number of hydrogen-bond acceptors (Lipinski definition) is 3. The molecule has 1 aromatic carbocycles. The van der Waals surface area contributed by atoms with E-state index in [0.29, 0.717) is 12.0 Å². The van der Waals surface area contributed by atoms with Gasteiger partial charge in [-0.05, 0) is 37.1 Å². The largest absolute Gasteiger partial charge is 0.391 e. The van der Waals surface area contributed by atoms with Gasteiger partial charge in [0, 0.05) is 30.6 Å². The van der Waals surface area contributed by atoms with Gasteiger partial charge in [-0.25, -0.2) is 0 Å². The van der Waals surface area contributed by atoms with Crippen LogP contribution in [0.3, 0.4) is 0 Å². The van der Waals surface area contributed by atoms with Crippen LogP contribution in [0, 0.1) is 0 Å². The molecule has 1 aromatic rings. The van der Waals surface area contributed by atoms with Crippen LogP contribution in [0.25, 0.3) is 0 Å². The first kappa shape index (κ1) is 10.8. The summed E-state index contributed by atoms with van der Waals surface area (Å²) in [6, 6.07) is 7.27. The molecule has 3 atom stereocenters. The van der Waals surface area contributed by atoms with E-state index in [-0.39, 0.29) is 6.10 Å². The molecule has 0 saturated carbocycles. The summed E-state index contributed by atoms with van der Waals surface area (Å²) in [7, 11) is 0. The maximum absolute atomic E-state index is 10.1. The topological polar surface area (TPSA) is 35.5 Å². The van der Waals surface area contributed by atoms with Gasteiger partial charge in [-0.2, -0.15) is 0 Å². The molecule has 3 aliphatic rings. The average molecular weight is 244 g/mol. The highest BCUT2D eigenvalue weighted by Gasteiger charge is 2.42. The van der Waals surface area contributed by atoms with Gasteiger partial charge < -0.3 is 15.3 Å². The molecule has 1 fully saturated rings. The van der Waals surface area contributed by atoms with Crippen LogP contribution in [0.4, 0.5) is 5.69 Å². The van der Waals surface area contributed by atoms with Crippen molar-refractivity contribution in [1.29, 1.82) is 0 Å². The molecule has 3 nitrogen and oxygen atoms in total. The molecule has 0 aliphatic carbocycles. The summed E-state index contributed by atoms with van der Waals surface area (Å²) in [4.78, 5) is 2.50. The van der Waals surface area contributed by atoms with Gasteiger partial charge in [-0.3, -0.25) is 0 Å². The molecule has 3 heterocycles. The lowest BCUT2D eigenvalue weighted by Gasteiger charge is -2.35. The van der Waals surface area contributed by atoms with Gasteiger partial charge in [0.1, 0.15) is 0 Å². The number of nitrogens with one attached hydrogen (secondary N) is 1. The fraction of sp³-hybridized carbons (Fsp3) is 0.600. The van der Waals surface area contributed by atoms with E-state index in [1.165, 1.54) is 29.7 Å². The Morgan fingerprint density at radius 3 is 3.06 bits per heavy atom. The van der Waals surface area contributed by atoms with Crippen molar-refractivity contribution in [2.24, 2.45) is 0 Å². The van der Waals surface area contributed by atoms with Crippen molar-refractivity contribution < 1.29 is 5.11 Å². The number of aliphatic hydroxyl groups excluding tert-OH is 1. The summed E-state index contributed by atoms with van der Waals surface area (Å²) in [5, 5.41) is 13.6. The molecule has 1 saturated heterocycles. The smallest absolute Gasteiger partial charge is 0.0756 e. The number of rotatable bonds is 0. The molecule has 3 heteroatoms. The van der Waals surface area contributed by atoms with E-state index < -0.39 is 0 Å². The molecule has 3 unspecified atom stereocenters. The lowest BCUT2D eigenvalue weighted by Crippen LogP contribution is -2.43. The van der Waals surface area contributed by atoms with Crippen molar-refractivity contribution in [1.82, 2.24) is 5.32 Å². The van der Waals surface area contributed by atoms with Gasteiger partial charge in [0.15, 0.2) is 0 Å². The zero-order valence-electron chi connectivity index (χ0n) is 10.6. The van der Waals surface area contributed by atoms with Crippen LogP contribution in [0.15, 0.2) is 18.2 Å². The third-order valence-electron chi connectivity index (χ3n) is 4.81. The van der Waals surface area contributed by atoms with Crippen molar-refractivity contribution >= 4 is 5.69 Å².